The van der Waals surface area contributed by atoms with E-state index in [0.29, 0.717) is 5.75 Å². The lowest BCUT2D eigenvalue weighted by atomic mass is 9.90. The second-order valence-electron chi connectivity index (χ2n) is 7.19. The number of halogens is 2. The van der Waals surface area contributed by atoms with Gasteiger partial charge in [0.2, 0.25) is 5.67 Å². The summed E-state index contributed by atoms with van der Waals surface area (Å²) in [7, 11) is 0. The molecule has 4 N–H and O–H groups in total. The van der Waals surface area contributed by atoms with E-state index in [1.54, 1.807) is 0 Å². The van der Waals surface area contributed by atoms with Crippen LogP contribution in [0.3, 0.4) is 0 Å². The number of benzene rings is 2. The second-order valence-corrected chi connectivity index (χ2v) is 9.17. The summed E-state index contributed by atoms with van der Waals surface area (Å²) in [6, 6.07) is 11.8. The minimum atomic E-state index is -2.52. The van der Waals surface area contributed by atoms with Crippen LogP contribution < -0.4 is 5.73 Å². The van der Waals surface area contributed by atoms with Crippen LogP contribution in [-0.4, -0.2) is 38.6 Å². The van der Waals surface area contributed by atoms with Crippen LogP contribution in [0.25, 0.3) is 10.8 Å². The number of carbonyl (C=O) groups is 2. The molecule has 0 radical (unpaired) electrons. The molecule has 2 fully saturated rings. The molecule has 0 bridgehead atoms. The largest absolute Gasteiger partial charge is 0.480 e. The van der Waals surface area contributed by atoms with Crippen molar-refractivity contribution in [3.63, 3.8) is 0 Å². The highest BCUT2D eigenvalue weighted by Gasteiger charge is 2.84. The van der Waals surface area contributed by atoms with E-state index < -0.39 is 40.2 Å². The Labute approximate surface area is 167 Å². The molecule has 0 aromatic heterocycles. The van der Waals surface area contributed by atoms with Gasteiger partial charge in [-0.3, -0.25) is 4.79 Å². The van der Waals surface area contributed by atoms with Gasteiger partial charge in [-0.05, 0) is 38.7 Å². The molecule has 2 aromatic rings. The van der Waals surface area contributed by atoms with Crippen molar-refractivity contribution in [3.8, 4) is 0 Å². The maximum absolute atomic E-state index is 14.6. The Morgan fingerprint density at radius 1 is 1.22 bits per heavy atom. The maximum Gasteiger partial charge on any atom is 0.342 e. The summed E-state index contributed by atoms with van der Waals surface area (Å²) in [5.41, 5.74) is 2.68. The van der Waals surface area contributed by atoms with Gasteiger partial charge in [0, 0.05) is 27.3 Å². The lowest BCUT2D eigenvalue weighted by Gasteiger charge is -2.31. The van der Waals surface area contributed by atoms with Gasteiger partial charge in [0.1, 0.15) is 5.54 Å². The van der Waals surface area contributed by atoms with Crippen LogP contribution in [0.4, 0.5) is 4.39 Å². The molecule has 2 saturated carbocycles. The fraction of sp³-hybridized carbons (Fsp3) is 0.368. The Bertz CT molecular complexity index is 972. The number of hydrogen-bond donors (Lipinski definition) is 3. The predicted molar refractivity (Wildman–Crippen MR) is 104 cm³/mol. The fourth-order valence-electron chi connectivity index (χ4n) is 4.39. The number of hydrogen-bond acceptors (Lipinski definition) is 4. The summed E-state index contributed by atoms with van der Waals surface area (Å²) in [5, 5.41) is 20.4. The van der Waals surface area contributed by atoms with Crippen LogP contribution in [-0.2, 0) is 15.3 Å². The number of rotatable bonds is 5. The molecule has 0 spiro atoms. The lowest BCUT2D eigenvalue weighted by molar-refractivity contribution is -0.149. The first-order valence-electron chi connectivity index (χ1n) is 8.44. The smallest absolute Gasteiger partial charge is 0.342 e. The van der Waals surface area contributed by atoms with Gasteiger partial charge in [0.25, 0.3) is 0 Å². The molecule has 0 unspecified atom stereocenters. The van der Waals surface area contributed by atoms with Gasteiger partial charge in [-0.1, -0.05) is 36.4 Å². The number of carboxylic acid groups (broad SMARTS) is 2. The number of carboxylic acids is 2. The molecule has 0 saturated heterocycles. The average molecular weight is 454 g/mol. The molecular formula is C19H17BrFNO4S. The highest BCUT2D eigenvalue weighted by atomic mass is 79.9. The Balaban J connectivity index is 1.57. The highest BCUT2D eigenvalue weighted by molar-refractivity contribution is 9.10. The molecule has 2 aliphatic carbocycles. The van der Waals surface area contributed by atoms with Crippen LogP contribution in [0.2, 0.25) is 0 Å². The third-order valence-corrected chi connectivity index (χ3v) is 8.28. The fourth-order valence-corrected chi connectivity index (χ4v) is 6.69. The molecule has 0 heterocycles. The van der Waals surface area contributed by atoms with Crippen molar-refractivity contribution < 1.29 is 24.2 Å². The quantitative estimate of drug-likeness (QED) is 0.640. The van der Waals surface area contributed by atoms with E-state index >= 15 is 0 Å². The van der Waals surface area contributed by atoms with Crippen LogP contribution in [0.1, 0.15) is 12.0 Å². The summed E-state index contributed by atoms with van der Waals surface area (Å²) < 4.78 is 15.5. The summed E-state index contributed by atoms with van der Waals surface area (Å²) in [4.78, 5) is 23.1. The summed E-state index contributed by atoms with van der Waals surface area (Å²) >= 11 is 4.95. The van der Waals surface area contributed by atoms with Crippen molar-refractivity contribution in [1.82, 2.24) is 0 Å². The van der Waals surface area contributed by atoms with E-state index in [2.05, 4.69) is 15.9 Å². The molecule has 5 nitrogen and oxygen atoms in total. The number of aliphatic carboxylic acids is 2. The minimum absolute atomic E-state index is 0.145. The first kappa shape index (κ1) is 18.7. The second kappa shape index (κ2) is 6.18. The third-order valence-electron chi connectivity index (χ3n) is 5.88. The topological polar surface area (TPSA) is 101 Å². The molecule has 142 valence electrons. The van der Waals surface area contributed by atoms with Gasteiger partial charge in [0.05, 0.1) is 0 Å². The van der Waals surface area contributed by atoms with Gasteiger partial charge in [-0.15, -0.1) is 0 Å². The zero-order valence-corrected chi connectivity index (χ0v) is 16.5. The standard InChI is InChI=1S/C19H17BrFNO4S/c20-14-10(6-5-9-3-1-2-4-11(9)14)8-27-13-7-12-15(18(12,21)16(23)24)19(13,22)17(25)26/h1-6,12-13,15H,7-8,22H2,(H,23,24)(H,25,26)/t12-,13-,15+,18-,19+/m1/s1. The Kier molecular flexibility index (Phi) is 4.29. The third kappa shape index (κ3) is 2.53. The van der Waals surface area contributed by atoms with E-state index in [0.717, 1.165) is 20.8 Å². The van der Waals surface area contributed by atoms with Gasteiger partial charge in [0.15, 0.2) is 0 Å². The number of alkyl halides is 1. The zero-order valence-electron chi connectivity index (χ0n) is 14.1. The lowest BCUT2D eigenvalue weighted by Crippen LogP contribution is -2.58. The minimum Gasteiger partial charge on any atom is -0.480 e. The number of fused-ring (bicyclic) bond motifs is 2. The van der Waals surface area contributed by atoms with E-state index in [1.165, 1.54) is 11.8 Å². The first-order chi connectivity index (χ1) is 12.7. The molecule has 2 aromatic carbocycles. The van der Waals surface area contributed by atoms with Gasteiger partial charge in [-0.2, -0.15) is 11.8 Å². The molecule has 4 rings (SSSR count). The normalized spacial score (nSPS) is 34.4. The summed E-state index contributed by atoms with van der Waals surface area (Å²) in [5.74, 6) is -4.49. The Morgan fingerprint density at radius 3 is 2.59 bits per heavy atom. The SMILES string of the molecule is N[C@]1(C(=O)O)[C@H]2[C@@H](C[C@H]1SCc1ccc3ccccc3c1Br)[C@]2(F)C(=O)O. The predicted octanol–water partition coefficient (Wildman–Crippen LogP) is 3.43. The Morgan fingerprint density at radius 2 is 1.93 bits per heavy atom. The molecule has 0 aliphatic heterocycles. The van der Waals surface area contributed by atoms with Crippen LogP contribution in [0.15, 0.2) is 40.9 Å². The van der Waals surface area contributed by atoms with Crippen molar-refractivity contribution in [2.24, 2.45) is 17.6 Å². The monoisotopic (exact) mass is 453 g/mol. The summed E-state index contributed by atoms with van der Waals surface area (Å²) in [6.45, 7) is 0. The molecular weight excluding hydrogens is 437 g/mol. The first-order valence-corrected chi connectivity index (χ1v) is 10.3. The highest BCUT2D eigenvalue weighted by Crippen LogP contribution is 2.68. The summed E-state index contributed by atoms with van der Waals surface area (Å²) in [6.07, 6.45) is 0.145. The molecule has 0 amide bonds. The molecule has 2 aliphatic rings. The van der Waals surface area contributed by atoms with Crippen LogP contribution >= 0.6 is 27.7 Å². The van der Waals surface area contributed by atoms with E-state index in [9.17, 15) is 19.1 Å². The van der Waals surface area contributed by atoms with E-state index in [4.69, 9.17) is 10.8 Å². The van der Waals surface area contributed by atoms with Crippen LogP contribution in [0.5, 0.6) is 0 Å². The molecule has 27 heavy (non-hydrogen) atoms. The number of nitrogens with two attached hydrogens (primary N) is 1. The molecule has 8 heteroatoms. The van der Waals surface area contributed by atoms with Gasteiger partial charge in [-0.25, -0.2) is 9.18 Å². The van der Waals surface area contributed by atoms with Gasteiger partial charge >= 0.3 is 11.9 Å². The molecule has 5 atom stereocenters. The van der Waals surface area contributed by atoms with Crippen molar-refractivity contribution in [3.05, 3.63) is 46.4 Å². The Hall–Kier alpha value is -1.64. The average Bonchev–Trinajstić information content (AvgIpc) is 3.11. The van der Waals surface area contributed by atoms with Crippen LogP contribution in [0, 0.1) is 11.8 Å². The zero-order chi connectivity index (χ0) is 19.6. The van der Waals surface area contributed by atoms with E-state index in [-0.39, 0.29) is 6.42 Å². The van der Waals surface area contributed by atoms with Crippen molar-refractivity contribution in [1.29, 1.82) is 0 Å². The van der Waals surface area contributed by atoms with Crippen molar-refractivity contribution >= 4 is 50.4 Å². The number of thioether (sulfide) groups is 1. The van der Waals surface area contributed by atoms with Crippen molar-refractivity contribution in [2.45, 2.75) is 28.6 Å². The van der Waals surface area contributed by atoms with Crippen molar-refractivity contribution in [2.75, 3.05) is 0 Å². The van der Waals surface area contributed by atoms with Gasteiger partial charge < -0.3 is 15.9 Å². The maximum atomic E-state index is 14.6. The van der Waals surface area contributed by atoms with E-state index in [1.807, 2.05) is 36.4 Å².